The monoisotopic (exact) mass is 319 g/mol. The summed E-state index contributed by atoms with van der Waals surface area (Å²) in [5.74, 6) is -2.09. The lowest BCUT2D eigenvalue weighted by Crippen LogP contribution is -2.78. The summed E-state index contributed by atoms with van der Waals surface area (Å²) in [5, 5.41) is 32.9. The van der Waals surface area contributed by atoms with E-state index in [1.165, 1.54) is 5.06 Å². The van der Waals surface area contributed by atoms with Crippen LogP contribution in [0.25, 0.3) is 0 Å². The van der Waals surface area contributed by atoms with E-state index >= 15 is 0 Å². The Kier molecular flexibility index (Phi) is 4.00. The standard InChI is InChI=1S/C13H25N3O6/c1-3-12(18)5-6(2)20-11-13(12,19)22-16-8(21-11)4-7(14)9(17)10(16)15/h6-11,17-19H,3-5,14-15H2,1-2H3. The lowest BCUT2D eigenvalue weighted by Gasteiger charge is -2.59. The van der Waals surface area contributed by atoms with Crippen molar-refractivity contribution in [1.29, 1.82) is 0 Å². The van der Waals surface area contributed by atoms with Crippen molar-refractivity contribution in [2.24, 2.45) is 11.5 Å². The van der Waals surface area contributed by atoms with Crippen LogP contribution in [0.1, 0.15) is 33.1 Å². The Bertz CT molecular complexity index is 442. The van der Waals surface area contributed by atoms with Crippen LogP contribution < -0.4 is 11.5 Å². The van der Waals surface area contributed by atoms with Crippen LogP contribution in [0.4, 0.5) is 0 Å². The SMILES string of the molecule is CCC1(O)CC(C)OC2OC3CC(N)C(O)C(N)N3OC21O. The first-order valence-electron chi connectivity index (χ1n) is 7.64. The predicted molar refractivity (Wildman–Crippen MR) is 73.5 cm³/mol. The van der Waals surface area contributed by atoms with E-state index < -0.39 is 42.2 Å². The third-order valence-electron chi connectivity index (χ3n) is 4.92. The molecule has 0 aromatic carbocycles. The van der Waals surface area contributed by atoms with Crippen LogP contribution in [-0.4, -0.2) is 68.7 Å². The van der Waals surface area contributed by atoms with E-state index in [0.717, 1.165) is 0 Å². The fourth-order valence-electron chi connectivity index (χ4n) is 3.45. The molecule has 8 atom stereocenters. The summed E-state index contributed by atoms with van der Waals surface area (Å²) in [7, 11) is 0. The maximum absolute atomic E-state index is 10.9. The Labute approximate surface area is 128 Å². The highest BCUT2D eigenvalue weighted by Gasteiger charge is 2.66. The molecule has 8 unspecified atom stereocenters. The molecule has 0 amide bonds. The molecule has 3 rings (SSSR count). The molecule has 0 aromatic rings. The van der Waals surface area contributed by atoms with Gasteiger partial charge in [-0.15, -0.1) is 5.06 Å². The van der Waals surface area contributed by atoms with Crippen molar-refractivity contribution in [3.63, 3.8) is 0 Å². The van der Waals surface area contributed by atoms with Crippen LogP contribution in [0.2, 0.25) is 0 Å². The van der Waals surface area contributed by atoms with E-state index in [1.807, 2.05) is 0 Å². The maximum Gasteiger partial charge on any atom is 0.266 e. The highest BCUT2D eigenvalue weighted by Crippen LogP contribution is 2.46. The minimum atomic E-state index is -2.09. The molecular weight excluding hydrogens is 294 g/mol. The van der Waals surface area contributed by atoms with Crippen molar-refractivity contribution in [1.82, 2.24) is 5.06 Å². The predicted octanol–water partition coefficient (Wildman–Crippen LogP) is -2.08. The minimum absolute atomic E-state index is 0.190. The van der Waals surface area contributed by atoms with Gasteiger partial charge in [-0.05, 0) is 13.3 Å². The molecule has 22 heavy (non-hydrogen) atoms. The van der Waals surface area contributed by atoms with Crippen LogP contribution >= 0.6 is 0 Å². The van der Waals surface area contributed by atoms with E-state index in [2.05, 4.69) is 0 Å². The van der Waals surface area contributed by atoms with E-state index in [9.17, 15) is 15.3 Å². The number of hydrogen-bond donors (Lipinski definition) is 5. The Balaban J connectivity index is 1.91. The fourth-order valence-corrected chi connectivity index (χ4v) is 3.45. The van der Waals surface area contributed by atoms with Gasteiger partial charge in [0.05, 0.1) is 12.2 Å². The zero-order valence-corrected chi connectivity index (χ0v) is 12.8. The van der Waals surface area contributed by atoms with Gasteiger partial charge in [-0.25, -0.2) is 0 Å². The molecule has 0 bridgehead atoms. The second-order valence-electron chi connectivity index (χ2n) is 6.49. The summed E-state index contributed by atoms with van der Waals surface area (Å²) < 4.78 is 11.4. The molecular formula is C13H25N3O6. The molecule has 3 aliphatic rings. The number of aliphatic hydroxyl groups is 3. The first-order chi connectivity index (χ1) is 10.2. The molecule has 0 aromatic heterocycles. The van der Waals surface area contributed by atoms with E-state index in [1.54, 1.807) is 13.8 Å². The Morgan fingerprint density at radius 2 is 1.95 bits per heavy atom. The number of nitrogens with zero attached hydrogens (tertiary/aromatic N) is 1. The molecule has 0 radical (unpaired) electrons. The van der Waals surface area contributed by atoms with E-state index in [4.69, 9.17) is 25.8 Å². The van der Waals surface area contributed by atoms with Crippen molar-refractivity contribution >= 4 is 0 Å². The zero-order valence-electron chi connectivity index (χ0n) is 12.8. The van der Waals surface area contributed by atoms with Crippen LogP contribution in [0.15, 0.2) is 0 Å². The average Bonchev–Trinajstić information content (AvgIpc) is 2.46. The smallest absolute Gasteiger partial charge is 0.266 e. The van der Waals surface area contributed by atoms with E-state index in [0.29, 0.717) is 0 Å². The van der Waals surface area contributed by atoms with Gasteiger partial charge in [-0.3, -0.25) is 4.84 Å². The number of nitrogens with two attached hydrogens (primary N) is 2. The topological polar surface area (TPSA) is 144 Å². The van der Waals surface area contributed by atoms with Crippen molar-refractivity contribution in [2.45, 2.75) is 81.4 Å². The average molecular weight is 319 g/mol. The number of piperidine rings is 1. The Morgan fingerprint density at radius 1 is 1.27 bits per heavy atom. The van der Waals surface area contributed by atoms with Gasteiger partial charge in [0.2, 0.25) is 6.29 Å². The molecule has 3 aliphatic heterocycles. The summed E-state index contributed by atoms with van der Waals surface area (Å²) >= 11 is 0. The molecule has 3 saturated heterocycles. The van der Waals surface area contributed by atoms with Gasteiger partial charge in [-0.2, -0.15) is 0 Å². The summed E-state index contributed by atoms with van der Waals surface area (Å²) in [5.41, 5.74) is 10.2. The van der Waals surface area contributed by atoms with Gasteiger partial charge in [0, 0.05) is 18.9 Å². The minimum Gasteiger partial charge on any atom is -0.388 e. The fraction of sp³-hybridized carbons (Fsp3) is 1.00. The molecule has 3 fully saturated rings. The zero-order chi connectivity index (χ0) is 16.3. The van der Waals surface area contributed by atoms with Gasteiger partial charge in [0.25, 0.3) is 5.79 Å². The highest BCUT2D eigenvalue weighted by atomic mass is 16.9. The molecule has 9 heteroatoms. The normalized spacial score (nSPS) is 56.3. The number of hydrogen-bond acceptors (Lipinski definition) is 9. The first-order valence-corrected chi connectivity index (χ1v) is 7.64. The molecule has 9 nitrogen and oxygen atoms in total. The lowest BCUT2D eigenvalue weighted by atomic mass is 9.81. The summed E-state index contributed by atoms with van der Waals surface area (Å²) in [6.45, 7) is 3.53. The molecule has 0 saturated carbocycles. The first kappa shape index (κ1) is 16.5. The molecule has 7 N–H and O–H groups in total. The van der Waals surface area contributed by atoms with Gasteiger partial charge in [0.1, 0.15) is 18.0 Å². The van der Waals surface area contributed by atoms with Crippen LogP contribution in [0.3, 0.4) is 0 Å². The second kappa shape index (κ2) is 5.33. The summed E-state index contributed by atoms with van der Waals surface area (Å²) in [6.07, 6.45) is -3.42. The summed E-state index contributed by atoms with van der Waals surface area (Å²) in [6, 6.07) is -0.572. The van der Waals surface area contributed by atoms with Crippen molar-refractivity contribution in [2.75, 3.05) is 0 Å². The van der Waals surface area contributed by atoms with Crippen molar-refractivity contribution < 1.29 is 29.6 Å². The third-order valence-corrected chi connectivity index (χ3v) is 4.92. The number of fused-ring (bicyclic) bond motifs is 2. The van der Waals surface area contributed by atoms with Gasteiger partial charge >= 0.3 is 0 Å². The lowest BCUT2D eigenvalue weighted by molar-refractivity contribution is -0.544. The van der Waals surface area contributed by atoms with Gasteiger partial charge in [0.15, 0.2) is 0 Å². The highest BCUT2D eigenvalue weighted by molar-refractivity contribution is 5.03. The van der Waals surface area contributed by atoms with Crippen LogP contribution in [0, 0.1) is 0 Å². The van der Waals surface area contributed by atoms with Crippen molar-refractivity contribution in [3.8, 4) is 0 Å². The largest absolute Gasteiger partial charge is 0.388 e. The second-order valence-corrected chi connectivity index (χ2v) is 6.49. The van der Waals surface area contributed by atoms with Gasteiger partial charge < -0.3 is 36.3 Å². The Hall–Kier alpha value is -0.360. The van der Waals surface area contributed by atoms with Crippen LogP contribution in [0.5, 0.6) is 0 Å². The number of aliphatic hydroxyl groups excluding tert-OH is 1. The number of rotatable bonds is 1. The molecule has 3 heterocycles. The molecule has 128 valence electrons. The quantitative estimate of drug-likeness (QED) is 0.368. The third kappa shape index (κ3) is 2.20. The van der Waals surface area contributed by atoms with E-state index in [-0.39, 0.29) is 25.4 Å². The van der Waals surface area contributed by atoms with Crippen molar-refractivity contribution in [3.05, 3.63) is 0 Å². The molecule has 0 spiro atoms. The van der Waals surface area contributed by atoms with Crippen LogP contribution in [-0.2, 0) is 14.3 Å². The number of hydroxylamine groups is 2. The maximum atomic E-state index is 10.9. The van der Waals surface area contributed by atoms with Gasteiger partial charge in [-0.1, -0.05) is 6.92 Å². The number of ether oxygens (including phenoxy) is 2. The Morgan fingerprint density at radius 3 is 2.59 bits per heavy atom. The molecule has 0 aliphatic carbocycles. The summed E-state index contributed by atoms with van der Waals surface area (Å²) in [4.78, 5) is 5.62.